The molecule has 0 aliphatic heterocycles. The van der Waals surface area contributed by atoms with E-state index in [9.17, 15) is 4.39 Å². The van der Waals surface area contributed by atoms with E-state index >= 15 is 0 Å². The quantitative estimate of drug-likeness (QED) is 0.564. The first-order valence-corrected chi connectivity index (χ1v) is 7.11. The van der Waals surface area contributed by atoms with E-state index in [1.807, 2.05) is 26.0 Å². The molecule has 0 saturated carbocycles. The zero-order chi connectivity index (χ0) is 15.1. The van der Waals surface area contributed by atoms with E-state index in [4.69, 9.17) is 23.2 Å². The van der Waals surface area contributed by atoms with Crippen LogP contribution in [0.5, 0.6) is 0 Å². The van der Waals surface area contributed by atoms with Gasteiger partial charge in [-0.25, -0.2) is 14.4 Å². The number of fused-ring (bicyclic) bond motifs is 1. The highest BCUT2D eigenvalue weighted by Crippen LogP contribution is 2.30. The molecule has 0 unspecified atom stereocenters. The maximum Gasteiger partial charge on any atom is 0.161 e. The van der Waals surface area contributed by atoms with Gasteiger partial charge < -0.3 is 0 Å². The van der Waals surface area contributed by atoms with E-state index in [2.05, 4.69) is 9.97 Å². The lowest BCUT2D eigenvalue weighted by molar-refractivity contribution is 0.636. The van der Waals surface area contributed by atoms with Crippen molar-refractivity contribution in [3.63, 3.8) is 0 Å². The third-order valence-corrected chi connectivity index (χ3v) is 3.76. The van der Waals surface area contributed by atoms with Gasteiger partial charge in [0.05, 0.1) is 0 Å². The highest BCUT2D eigenvalue weighted by Gasteiger charge is 2.13. The zero-order valence-corrected chi connectivity index (χ0v) is 12.9. The Balaban J connectivity index is 2.32. The number of rotatable bonds is 1. The predicted octanol–water partition coefficient (Wildman–Crippen LogP) is 5.36. The number of aryl methyl sites for hydroxylation is 2. The van der Waals surface area contributed by atoms with Crippen LogP contribution >= 0.6 is 23.2 Å². The molecule has 1 aromatic heterocycles. The molecule has 0 aliphatic carbocycles. The van der Waals surface area contributed by atoms with Gasteiger partial charge in [-0.15, -0.1) is 0 Å². The molecule has 0 fully saturated rings. The van der Waals surface area contributed by atoms with Crippen molar-refractivity contribution in [1.29, 1.82) is 0 Å². The molecule has 1 heterocycles. The first-order valence-electron chi connectivity index (χ1n) is 6.35. The fourth-order valence-electron chi connectivity index (χ4n) is 2.31. The van der Waals surface area contributed by atoms with Crippen LogP contribution < -0.4 is 0 Å². The molecule has 106 valence electrons. The summed E-state index contributed by atoms with van der Waals surface area (Å²) in [6, 6.07) is 8.50. The molecule has 0 N–H and O–H groups in total. The fourth-order valence-corrected chi connectivity index (χ4v) is 2.92. The van der Waals surface area contributed by atoms with Crippen LogP contribution in [0.1, 0.15) is 11.1 Å². The van der Waals surface area contributed by atoms with Gasteiger partial charge >= 0.3 is 0 Å². The van der Waals surface area contributed by atoms with E-state index in [1.54, 1.807) is 12.1 Å². The SMILES string of the molecule is Cc1cc(Cl)cc(-c2nc(Cl)c3c(C)ccc(F)c3n2)c1. The van der Waals surface area contributed by atoms with E-state index < -0.39 is 5.82 Å². The lowest BCUT2D eigenvalue weighted by atomic mass is 10.1. The highest BCUT2D eigenvalue weighted by atomic mass is 35.5. The lowest BCUT2D eigenvalue weighted by Crippen LogP contribution is -1.96. The van der Waals surface area contributed by atoms with Crippen LogP contribution in [-0.4, -0.2) is 9.97 Å². The standard InChI is InChI=1S/C16H11Cl2FN2/c1-8-5-10(7-11(17)6-8)16-20-14-12(19)4-3-9(2)13(14)15(18)21-16/h3-7H,1-2H3. The Morgan fingerprint density at radius 3 is 2.48 bits per heavy atom. The summed E-state index contributed by atoms with van der Waals surface area (Å²) in [6.45, 7) is 3.77. The Kier molecular flexibility index (Phi) is 3.56. The second kappa shape index (κ2) is 5.24. The molecule has 0 radical (unpaired) electrons. The Bertz CT molecular complexity index is 842. The summed E-state index contributed by atoms with van der Waals surface area (Å²) in [4.78, 5) is 8.60. The predicted molar refractivity (Wildman–Crippen MR) is 84.4 cm³/mol. The average molecular weight is 321 g/mol. The molecular formula is C16H11Cl2FN2. The van der Waals surface area contributed by atoms with E-state index in [1.165, 1.54) is 6.07 Å². The monoisotopic (exact) mass is 320 g/mol. The van der Waals surface area contributed by atoms with Crippen molar-refractivity contribution >= 4 is 34.1 Å². The zero-order valence-electron chi connectivity index (χ0n) is 11.4. The van der Waals surface area contributed by atoms with Crippen LogP contribution in [0.3, 0.4) is 0 Å². The molecule has 0 spiro atoms. The first-order chi connectivity index (χ1) is 9.95. The molecule has 2 nitrogen and oxygen atoms in total. The number of hydrogen-bond acceptors (Lipinski definition) is 2. The number of aromatic nitrogens is 2. The van der Waals surface area contributed by atoms with Crippen LogP contribution in [-0.2, 0) is 0 Å². The van der Waals surface area contributed by atoms with Gasteiger partial charge in [-0.1, -0.05) is 29.3 Å². The second-order valence-electron chi connectivity index (χ2n) is 4.94. The molecule has 5 heteroatoms. The summed E-state index contributed by atoms with van der Waals surface area (Å²) in [5, 5.41) is 1.36. The van der Waals surface area contributed by atoms with Crippen LogP contribution in [0, 0.1) is 19.7 Å². The Hall–Kier alpha value is -1.71. The van der Waals surface area contributed by atoms with Gasteiger partial charge in [0.25, 0.3) is 0 Å². The van der Waals surface area contributed by atoms with E-state index in [0.29, 0.717) is 21.8 Å². The van der Waals surface area contributed by atoms with Gasteiger partial charge in [-0.3, -0.25) is 0 Å². The van der Waals surface area contributed by atoms with Gasteiger partial charge in [-0.05, 0) is 49.2 Å². The number of benzene rings is 2. The molecule has 0 amide bonds. The van der Waals surface area contributed by atoms with Crippen molar-refractivity contribution in [2.75, 3.05) is 0 Å². The van der Waals surface area contributed by atoms with Crippen LogP contribution in [0.2, 0.25) is 10.2 Å². The van der Waals surface area contributed by atoms with Crippen LogP contribution in [0.25, 0.3) is 22.3 Å². The van der Waals surface area contributed by atoms with E-state index in [-0.39, 0.29) is 10.7 Å². The average Bonchev–Trinajstić information content (AvgIpc) is 2.41. The third kappa shape index (κ3) is 2.59. The normalized spacial score (nSPS) is 11.1. The van der Waals surface area contributed by atoms with Gasteiger partial charge in [0.15, 0.2) is 5.82 Å². The van der Waals surface area contributed by atoms with Gasteiger partial charge in [0.1, 0.15) is 16.5 Å². The van der Waals surface area contributed by atoms with Crippen LogP contribution in [0.15, 0.2) is 30.3 Å². The molecule has 3 aromatic rings. The number of hydrogen-bond donors (Lipinski definition) is 0. The minimum atomic E-state index is -0.417. The summed E-state index contributed by atoms with van der Waals surface area (Å²) in [6.07, 6.45) is 0. The van der Waals surface area contributed by atoms with Gasteiger partial charge in [0.2, 0.25) is 0 Å². The van der Waals surface area contributed by atoms with Crippen molar-refractivity contribution in [1.82, 2.24) is 9.97 Å². The molecular weight excluding hydrogens is 310 g/mol. The lowest BCUT2D eigenvalue weighted by Gasteiger charge is -2.08. The Morgan fingerprint density at radius 2 is 1.76 bits per heavy atom. The maximum absolute atomic E-state index is 14.0. The van der Waals surface area contributed by atoms with Gasteiger partial charge in [-0.2, -0.15) is 0 Å². The number of nitrogens with zero attached hydrogens (tertiary/aromatic N) is 2. The van der Waals surface area contributed by atoms with Crippen molar-refractivity contribution in [3.05, 3.63) is 57.5 Å². The summed E-state index contributed by atoms with van der Waals surface area (Å²) >= 11 is 12.3. The molecule has 0 atom stereocenters. The summed E-state index contributed by atoms with van der Waals surface area (Å²) < 4.78 is 14.0. The second-order valence-corrected chi connectivity index (χ2v) is 5.74. The van der Waals surface area contributed by atoms with Crippen LogP contribution in [0.4, 0.5) is 4.39 Å². The number of halogens is 3. The molecule has 21 heavy (non-hydrogen) atoms. The maximum atomic E-state index is 14.0. The molecule has 0 aliphatic rings. The van der Waals surface area contributed by atoms with E-state index in [0.717, 1.165) is 11.1 Å². The summed E-state index contributed by atoms with van der Waals surface area (Å²) in [5.74, 6) is -0.0532. The van der Waals surface area contributed by atoms with Crippen molar-refractivity contribution in [3.8, 4) is 11.4 Å². The molecule has 2 aromatic carbocycles. The topological polar surface area (TPSA) is 25.8 Å². The summed E-state index contributed by atoms with van der Waals surface area (Å²) in [5.41, 5.74) is 2.75. The molecule has 0 saturated heterocycles. The molecule has 0 bridgehead atoms. The largest absolute Gasteiger partial charge is 0.225 e. The minimum absolute atomic E-state index is 0.225. The Labute approximate surface area is 131 Å². The first kappa shape index (κ1) is 14.2. The smallest absolute Gasteiger partial charge is 0.161 e. The van der Waals surface area contributed by atoms with Crippen molar-refractivity contribution < 1.29 is 4.39 Å². The minimum Gasteiger partial charge on any atom is -0.225 e. The third-order valence-electron chi connectivity index (χ3n) is 3.27. The molecule has 3 rings (SSSR count). The van der Waals surface area contributed by atoms with Crippen molar-refractivity contribution in [2.24, 2.45) is 0 Å². The fraction of sp³-hybridized carbons (Fsp3) is 0.125. The highest BCUT2D eigenvalue weighted by molar-refractivity contribution is 6.34. The summed E-state index contributed by atoms with van der Waals surface area (Å²) in [7, 11) is 0. The van der Waals surface area contributed by atoms with Gasteiger partial charge in [0, 0.05) is 16.0 Å². The Morgan fingerprint density at radius 1 is 1.00 bits per heavy atom. The van der Waals surface area contributed by atoms with Crippen molar-refractivity contribution in [2.45, 2.75) is 13.8 Å².